The first-order chi connectivity index (χ1) is 16.5. The molecule has 5 nitrogen and oxygen atoms in total. The summed E-state index contributed by atoms with van der Waals surface area (Å²) in [6, 6.07) is 32.3. The predicted molar refractivity (Wildman–Crippen MR) is 138 cm³/mol. The van der Waals surface area contributed by atoms with E-state index in [9.17, 15) is 5.11 Å². The predicted octanol–water partition coefficient (Wildman–Crippen LogP) is 6.74. The third-order valence-electron chi connectivity index (χ3n) is 6.34. The molecule has 0 saturated carbocycles. The number of aromatic nitrogens is 1. The van der Waals surface area contributed by atoms with E-state index in [1.165, 1.54) is 5.56 Å². The maximum atomic E-state index is 10.3. The van der Waals surface area contributed by atoms with Gasteiger partial charge in [0.1, 0.15) is 11.6 Å². The molecule has 0 bridgehead atoms. The van der Waals surface area contributed by atoms with Crippen LogP contribution >= 0.6 is 0 Å². The lowest BCUT2D eigenvalue weighted by atomic mass is 9.92. The Balaban J connectivity index is 1.47. The molecule has 1 aliphatic heterocycles. The molecule has 1 N–H and O–H groups in total. The Bertz CT molecular complexity index is 1250. The lowest BCUT2D eigenvalue weighted by molar-refractivity contribution is 0.202. The number of aromatic hydroxyl groups is 1. The van der Waals surface area contributed by atoms with Gasteiger partial charge in [0.05, 0.1) is 17.9 Å². The van der Waals surface area contributed by atoms with Crippen molar-refractivity contribution in [2.45, 2.75) is 19.4 Å². The van der Waals surface area contributed by atoms with E-state index in [0.29, 0.717) is 6.67 Å². The van der Waals surface area contributed by atoms with E-state index in [-0.39, 0.29) is 11.3 Å². The number of anilines is 4. The number of hydrogen-bond acceptors (Lipinski definition) is 5. The minimum Gasteiger partial charge on any atom is -0.506 e. The second-order valence-corrected chi connectivity index (χ2v) is 8.84. The lowest BCUT2D eigenvalue weighted by Crippen LogP contribution is -2.39. The molecule has 4 aromatic rings. The number of benzene rings is 3. The summed E-state index contributed by atoms with van der Waals surface area (Å²) in [6.07, 6.45) is 5.93. The third-order valence-corrected chi connectivity index (χ3v) is 6.34. The van der Waals surface area contributed by atoms with E-state index in [0.717, 1.165) is 22.9 Å². The molecule has 0 unspecified atom stereocenters. The highest BCUT2D eigenvalue weighted by Gasteiger charge is 2.31. The van der Waals surface area contributed by atoms with Gasteiger partial charge >= 0.3 is 0 Å². The molecule has 1 aromatic heterocycles. The Hall–Kier alpha value is -4.25. The zero-order valence-electron chi connectivity index (χ0n) is 19.4. The van der Waals surface area contributed by atoms with Crippen LogP contribution in [0, 0.1) is 0 Å². The molecule has 3 aromatic carbocycles. The van der Waals surface area contributed by atoms with E-state index in [1.807, 2.05) is 67.0 Å². The second kappa shape index (κ2) is 8.94. The minimum absolute atomic E-state index is 0.280. The Kier molecular flexibility index (Phi) is 5.68. The Labute approximate surface area is 200 Å². The lowest BCUT2D eigenvalue weighted by Gasteiger charge is -2.38. The van der Waals surface area contributed by atoms with Crippen molar-refractivity contribution in [2.24, 2.45) is 0 Å². The summed E-state index contributed by atoms with van der Waals surface area (Å²) in [7, 11) is 0. The molecular formula is C29H28N4O. The number of para-hydroxylation sites is 3. The molecule has 1 aliphatic rings. The molecule has 0 fully saturated rings. The molecule has 0 atom stereocenters. The Morgan fingerprint density at radius 2 is 1.53 bits per heavy atom. The van der Waals surface area contributed by atoms with Crippen molar-refractivity contribution in [1.29, 1.82) is 0 Å². The topological polar surface area (TPSA) is 42.8 Å². The van der Waals surface area contributed by atoms with Gasteiger partial charge in [0.2, 0.25) is 0 Å². The van der Waals surface area contributed by atoms with Crippen molar-refractivity contribution in [3.63, 3.8) is 0 Å². The fourth-order valence-electron chi connectivity index (χ4n) is 4.31. The van der Waals surface area contributed by atoms with E-state index in [4.69, 9.17) is 0 Å². The van der Waals surface area contributed by atoms with Crippen LogP contribution in [-0.2, 0) is 5.54 Å². The number of phenolic OH excluding ortho intramolecular Hbond substituents is 1. The third kappa shape index (κ3) is 4.08. The van der Waals surface area contributed by atoms with Gasteiger partial charge in [-0.25, -0.2) is 4.98 Å². The van der Waals surface area contributed by atoms with Crippen LogP contribution in [-0.4, -0.2) is 21.7 Å². The van der Waals surface area contributed by atoms with Crippen molar-refractivity contribution in [1.82, 2.24) is 9.88 Å². The van der Waals surface area contributed by atoms with Crippen LogP contribution in [0.1, 0.15) is 19.4 Å². The van der Waals surface area contributed by atoms with Gasteiger partial charge in [-0.3, -0.25) is 4.90 Å². The molecule has 0 saturated heterocycles. The monoisotopic (exact) mass is 448 g/mol. The molecular weight excluding hydrogens is 420 g/mol. The van der Waals surface area contributed by atoms with Crippen LogP contribution in [0.25, 0.3) is 0 Å². The first-order valence-electron chi connectivity index (χ1n) is 11.4. The fourth-order valence-corrected chi connectivity index (χ4v) is 4.31. The van der Waals surface area contributed by atoms with Gasteiger partial charge in [0.15, 0.2) is 0 Å². The highest BCUT2D eigenvalue weighted by Crippen LogP contribution is 2.38. The number of phenols is 1. The number of hydrogen-bond donors (Lipinski definition) is 1. The summed E-state index contributed by atoms with van der Waals surface area (Å²) >= 11 is 0. The summed E-state index contributed by atoms with van der Waals surface area (Å²) in [5, 5.41) is 10.3. The zero-order chi connectivity index (χ0) is 23.5. The molecule has 170 valence electrons. The van der Waals surface area contributed by atoms with E-state index < -0.39 is 0 Å². The van der Waals surface area contributed by atoms with Gasteiger partial charge < -0.3 is 14.9 Å². The van der Waals surface area contributed by atoms with Gasteiger partial charge in [-0.1, -0.05) is 48.5 Å². The van der Waals surface area contributed by atoms with Gasteiger partial charge in [0, 0.05) is 30.0 Å². The second-order valence-electron chi connectivity index (χ2n) is 8.84. The highest BCUT2D eigenvalue weighted by molar-refractivity contribution is 5.74. The SMILES string of the molecule is CC(C)(c1cccc(N(c2ccccc2)c2ccccn2)c1)N1C=CN(c2ccccc2O)C1. The first kappa shape index (κ1) is 21.6. The highest BCUT2D eigenvalue weighted by atomic mass is 16.3. The van der Waals surface area contributed by atoms with Crippen LogP contribution in [0.15, 0.2) is 116 Å². The molecule has 0 amide bonds. The molecule has 5 rings (SSSR count). The summed E-state index contributed by atoms with van der Waals surface area (Å²) in [5.41, 5.74) is 3.82. The number of rotatable bonds is 6. The van der Waals surface area contributed by atoms with Crippen molar-refractivity contribution < 1.29 is 5.11 Å². The summed E-state index contributed by atoms with van der Waals surface area (Å²) in [4.78, 5) is 11.1. The van der Waals surface area contributed by atoms with E-state index >= 15 is 0 Å². The molecule has 2 heterocycles. The molecule has 5 heteroatoms. The Morgan fingerprint density at radius 1 is 0.794 bits per heavy atom. The van der Waals surface area contributed by atoms with Crippen molar-refractivity contribution in [2.75, 3.05) is 16.5 Å². The molecule has 34 heavy (non-hydrogen) atoms. The average Bonchev–Trinajstić information content (AvgIpc) is 3.37. The van der Waals surface area contributed by atoms with Crippen molar-refractivity contribution in [3.8, 4) is 5.75 Å². The van der Waals surface area contributed by atoms with Crippen LogP contribution in [0.5, 0.6) is 5.75 Å². The van der Waals surface area contributed by atoms with E-state index in [1.54, 1.807) is 6.07 Å². The fraction of sp³-hybridized carbons (Fsp3) is 0.138. The number of nitrogens with zero attached hydrogens (tertiary/aromatic N) is 4. The Morgan fingerprint density at radius 3 is 2.29 bits per heavy atom. The van der Waals surface area contributed by atoms with Crippen LogP contribution < -0.4 is 9.80 Å². The van der Waals surface area contributed by atoms with Crippen LogP contribution in [0.4, 0.5) is 22.9 Å². The summed E-state index contributed by atoms with van der Waals surface area (Å²) < 4.78 is 0. The first-order valence-corrected chi connectivity index (χ1v) is 11.4. The summed E-state index contributed by atoms with van der Waals surface area (Å²) in [5.74, 6) is 1.15. The van der Waals surface area contributed by atoms with Gasteiger partial charge in [-0.05, 0) is 67.9 Å². The largest absolute Gasteiger partial charge is 0.506 e. The molecule has 0 aliphatic carbocycles. The van der Waals surface area contributed by atoms with Gasteiger partial charge in [0.25, 0.3) is 0 Å². The maximum absolute atomic E-state index is 10.3. The van der Waals surface area contributed by atoms with E-state index in [2.05, 4.69) is 76.1 Å². The standard InChI is InChI=1S/C29H28N4O/c1-29(2,32-20-19-31(22-32)26-15-6-7-16-27(26)34)23-11-10-14-25(21-23)33(24-12-4-3-5-13-24)28-17-8-9-18-30-28/h3-21,34H,22H2,1-2H3. The van der Waals surface area contributed by atoms with Gasteiger partial charge in [-0.2, -0.15) is 0 Å². The quantitative estimate of drug-likeness (QED) is 0.354. The average molecular weight is 449 g/mol. The van der Waals surface area contributed by atoms with Crippen molar-refractivity contribution >= 4 is 22.9 Å². The van der Waals surface area contributed by atoms with Crippen molar-refractivity contribution in [3.05, 3.63) is 121 Å². The van der Waals surface area contributed by atoms with Crippen LogP contribution in [0.2, 0.25) is 0 Å². The number of pyridine rings is 1. The van der Waals surface area contributed by atoms with Gasteiger partial charge in [-0.15, -0.1) is 0 Å². The zero-order valence-corrected chi connectivity index (χ0v) is 19.4. The molecule has 0 radical (unpaired) electrons. The maximum Gasteiger partial charge on any atom is 0.139 e. The molecule has 0 spiro atoms. The summed E-state index contributed by atoms with van der Waals surface area (Å²) in [6.45, 7) is 5.09. The normalized spacial score (nSPS) is 13.4. The smallest absolute Gasteiger partial charge is 0.139 e. The minimum atomic E-state index is -0.280. The van der Waals surface area contributed by atoms with Crippen LogP contribution in [0.3, 0.4) is 0 Å².